The van der Waals surface area contributed by atoms with Gasteiger partial charge in [0.05, 0.1) is 134 Å². The van der Waals surface area contributed by atoms with Gasteiger partial charge in [0.2, 0.25) is 0 Å². The fourth-order valence-electron chi connectivity index (χ4n) is 17.4. The summed E-state index contributed by atoms with van der Waals surface area (Å²) in [5.74, 6) is -35.2. The zero-order valence-corrected chi connectivity index (χ0v) is 70.6. The largest absolute Gasteiger partial charge is 0.364 e. The number of hydroxylamine groups is 16. The number of carbonyl (C=O) groups excluding carboxylic acids is 24. The van der Waals surface area contributed by atoms with Gasteiger partial charge < -0.3 is 38.7 Å². The molecular formula is C100H48N8O32. The molecule has 1 aliphatic carbocycles. The molecule has 0 N–H and O–H groups in total. The van der Waals surface area contributed by atoms with Crippen LogP contribution in [0, 0.1) is 0 Å². The Morgan fingerprint density at radius 3 is 0.314 bits per heavy atom. The van der Waals surface area contributed by atoms with Crippen LogP contribution in [0.5, 0.6) is 0 Å². The second-order valence-electron chi connectivity index (χ2n) is 32.0. The summed E-state index contributed by atoms with van der Waals surface area (Å²) in [5.41, 5.74) is -18.9. The highest BCUT2D eigenvalue weighted by Gasteiger charge is 2.50. The predicted octanol–water partition coefficient (Wildman–Crippen LogP) is 9.31. The highest BCUT2D eigenvalue weighted by Crippen LogP contribution is 2.40. The number of hydrogen-bond acceptors (Lipinski definition) is 32. The molecule has 8 bridgehead atoms. The summed E-state index contributed by atoms with van der Waals surface area (Å²) in [7, 11) is 0. The van der Waals surface area contributed by atoms with Crippen LogP contribution in [-0.2, 0) is 64.4 Å². The average Bonchev–Trinajstić information content (AvgIpc) is 0.790. The Labute approximate surface area is 779 Å². The molecule has 8 aliphatic heterocycles. The molecule has 0 spiro atoms. The van der Waals surface area contributed by atoms with E-state index in [4.69, 9.17) is 38.7 Å². The number of benzene rings is 12. The van der Waals surface area contributed by atoms with Gasteiger partial charge in [0.1, 0.15) is 0 Å². The first-order valence-corrected chi connectivity index (χ1v) is 41.6. The topological polar surface area (TPSA) is 509 Å². The zero-order valence-electron chi connectivity index (χ0n) is 70.6. The number of carbonyl (C=O) groups is 24. The molecular weight excluding hydrogens is 1830 g/mol. The minimum Gasteiger partial charge on any atom is -0.324 e. The molecule has 0 saturated heterocycles. The molecule has 40 nitrogen and oxygen atoms in total. The lowest BCUT2D eigenvalue weighted by Gasteiger charge is -2.23. The van der Waals surface area contributed by atoms with Gasteiger partial charge in [-0.15, -0.1) is 0 Å². The van der Waals surface area contributed by atoms with E-state index in [1.165, 1.54) is 194 Å². The van der Waals surface area contributed by atoms with E-state index in [0.717, 1.165) is 24.3 Å². The van der Waals surface area contributed by atoms with Crippen LogP contribution in [0.1, 0.15) is 293 Å². The number of amides is 16. The average molecular weight is 1870 g/mol. The highest BCUT2D eigenvalue weighted by molar-refractivity contribution is 6.27. The summed E-state index contributed by atoms with van der Waals surface area (Å²) in [4.78, 5) is 404. The third kappa shape index (κ3) is 13.8. The van der Waals surface area contributed by atoms with Gasteiger partial charge >= 0.3 is 47.8 Å². The first-order chi connectivity index (χ1) is 67.4. The van der Waals surface area contributed by atoms with Crippen LogP contribution in [0.15, 0.2) is 243 Å². The normalized spacial score (nSPS) is 15.1. The Kier molecular flexibility index (Phi) is 20.2. The SMILES string of the molecule is O=C(ON1C(=O)c2ccccc2C1=O)c1cc(C(=O)ON2C(=O)c3ccccc3C2=O)c2cc1Cc1cc(c(C(=O)ON3C(=O)c4ccccc4C3=O)cc1C(=O)ON1C(=O)c3ccccc3C1=O)Cc1cc(c(C(=O)ON3C(=O)c4ccccc4C3=O)cc1C(=O)ON1C(=O)c3ccccc3C1=O)Cc1cc(c(C(=O)ON3C(=O)c4ccccc4C3=O)cc1C(=O)ON1C(=O)c3ccccc3C1=O)C2. The van der Waals surface area contributed by atoms with Crippen LogP contribution in [-0.4, -0.2) is 183 Å². The molecule has 12 aromatic rings. The maximum atomic E-state index is 16.0. The lowest BCUT2D eigenvalue weighted by atomic mass is 9.84. The Hall–Kier alpha value is -20.5. The highest BCUT2D eigenvalue weighted by atomic mass is 16.8. The van der Waals surface area contributed by atoms with Crippen molar-refractivity contribution in [3.63, 3.8) is 0 Å². The molecule has 40 heteroatoms. The molecule has 0 fully saturated rings. The van der Waals surface area contributed by atoms with E-state index >= 15 is 38.4 Å². The van der Waals surface area contributed by atoms with Crippen molar-refractivity contribution < 1.29 is 154 Å². The Bertz CT molecular complexity index is 6430. The van der Waals surface area contributed by atoms with Gasteiger partial charge in [-0.05, 0) is 192 Å². The summed E-state index contributed by atoms with van der Waals surface area (Å²) in [6.45, 7) is 0. The number of nitrogens with zero attached hydrogens (tertiary/aromatic N) is 8. The van der Waals surface area contributed by atoms with Crippen molar-refractivity contribution in [1.29, 1.82) is 0 Å². The predicted molar refractivity (Wildman–Crippen MR) is 456 cm³/mol. The van der Waals surface area contributed by atoms with Crippen molar-refractivity contribution in [2.24, 2.45) is 0 Å². The Morgan fingerprint density at radius 1 is 0.143 bits per heavy atom. The molecule has 140 heavy (non-hydrogen) atoms. The lowest BCUT2D eigenvalue weighted by Crippen LogP contribution is -2.35. The van der Waals surface area contributed by atoms with E-state index in [1.54, 1.807) is 0 Å². The monoisotopic (exact) mass is 1870 g/mol. The summed E-state index contributed by atoms with van der Waals surface area (Å²) >= 11 is 0. The Morgan fingerprint density at radius 2 is 0.229 bits per heavy atom. The summed E-state index contributed by atoms with van der Waals surface area (Å²) in [6, 6.07) is 46.3. The van der Waals surface area contributed by atoms with E-state index in [2.05, 4.69) is 0 Å². The van der Waals surface area contributed by atoms with Gasteiger partial charge in [-0.1, -0.05) is 162 Å². The molecule has 21 rings (SSSR count). The zero-order chi connectivity index (χ0) is 97.7. The lowest BCUT2D eigenvalue weighted by molar-refractivity contribution is -0.0593. The molecule has 12 aromatic carbocycles. The van der Waals surface area contributed by atoms with Crippen LogP contribution in [0.3, 0.4) is 0 Å². The minimum atomic E-state index is -1.83. The molecule has 0 atom stereocenters. The molecule has 0 saturated carbocycles. The third-order valence-corrected chi connectivity index (χ3v) is 24.0. The van der Waals surface area contributed by atoms with Gasteiger partial charge in [-0.2, -0.15) is 0 Å². The van der Waals surface area contributed by atoms with Gasteiger partial charge in [0.25, 0.3) is 94.5 Å². The molecule has 0 radical (unpaired) electrons. The van der Waals surface area contributed by atoms with Crippen molar-refractivity contribution in [3.8, 4) is 0 Å². The van der Waals surface area contributed by atoms with Crippen LogP contribution in [0.4, 0.5) is 0 Å². The van der Waals surface area contributed by atoms with Gasteiger partial charge in [-0.3, -0.25) is 76.7 Å². The first kappa shape index (κ1) is 86.2. The van der Waals surface area contributed by atoms with Crippen molar-refractivity contribution in [1.82, 2.24) is 40.5 Å². The van der Waals surface area contributed by atoms with E-state index < -0.39 is 257 Å². The second kappa shape index (κ2) is 32.8. The van der Waals surface area contributed by atoms with E-state index in [0.29, 0.717) is 24.3 Å². The first-order valence-electron chi connectivity index (χ1n) is 41.6. The van der Waals surface area contributed by atoms with Crippen molar-refractivity contribution in [3.05, 3.63) is 421 Å². The number of fused-ring (bicyclic) bond motifs is 16. The van der Waals surface area contributed by atoms with Crippen LogP contribution in [0.2, 0.25) is 0 Å². The quantitative estimate of drug-likeness (QED) is 0.0812. The smallest absolute Gasteiger partial charge is 0.324 e. The Balaban J connectivity index is 0.838. The standard InChI is InChI=1S/C100H48N8O32/c109-77-53-17-1-2-18-54(53)78(110)101(77)133-93(125)69-41-70(94(126)134-102-79(111)55-19-3-4-20-56(55)80(102)112)46-33-45(69)37-47-34-48(72(96(128)136-104-83(115)59-23-7-8-24-60(59)84(104)116)42-71(47)95(127)135-103-81(113)57-21-5-6-22-58(57)82(103)114)39-51-36-52(76(100(132)140-108-91(123)67-31-15-16-32-68(67)92(108)124)44-75(51)99(131)139-107-89(121)65-29-13-14-30-66(65)90(107)122)40-50-35-49(38-46)73(97(129)137-105-85(117)61-25-9-10-26-62(61)86(105)118)43-74(50)98(130)138-106-87(119)63-27-11-12-28-64(63)88(106)120/h1-36,41-44H,37-40H2. The number of hydrogen-bond donors (Lipinski definition) is 0. The molecule has 8 heterocycles. The van der Waals surface area contributed by atoms with Crippen LogP contribution < -0.4 is 0 Å². The van der Waals surface area contributed by atoms with Crippen molar-refractivity contribution in [2.45, 2.75) is 25.7 Å². The molecule has 9 aliphatic rings. The van der Waals surface area contributed by atoms with Crippen LogP contribution in [0.25, 0.3) is 0 Å². The van der Waals surface area contributed by atoms with Crippen molar-refractivity contribution in [2.75, 3.05) is 0 Å². The fraction of sp³-hybridized carbons (Fsp3) is 0.0400. The van der Waals surface area contributed by atoms with Gasteiger partial charge in [0, 0.05) is 0 Å². The molecule has 16 amide bonds. The van der Waals surface area contributed by atoms with Crippen LogP contribution >= 0.6 is 0 Å². The maximum absolute atomic E-state index is 16.0. The van der Waals surface area contributed by atoms with Gasteiger partial charge in [-0.25, -0.2) is 38.4 Å². The molecule has 680 valence electrons. The molecule has 0 unspecified atom stereocenters. The van der Waals surface area contributed by atoms with E-state index in [1.807, 2.05) is 0 Å². The fourth-order valence-corrected chi connectivity index (χ4v) is 17.4. The van der Waals surface area contributed by atoms with Crippen molar-refractivity contribution >= 4 is 142 Å². The maximum Gasteiger partial charge on any atom is 0.364 e. The number of imide groups is 8. The van der Waals surface area contributed by atoms with E-state index in [9.17, 15) is 76.7 Å². The van der Waals surface area contributed by atoms with E-state index in [-0.39, 0.29) is 130 Å². The molecule has 0 aromatic heterocycles. The number of rotatable bonds is 16. The van der Waals surface area contributed by atoms with Gasteiger partial charge in [0.15, 0.2) is 0 Å². The third-order valence-electron chi connectivity index (χ3n) is 24.0. The minimum absolute atomic E-state index is 0.00682. The summed E-state index contributed by atoms with van der Waals surface area (Å²) in [6.07, 6.45) is -4.81. The summed E-state index contributed by atoms with van der Waals surface area (Å²) in [5, 5.41) is -0.0545. The summed E-state index contributed by atoms with van der Waals surface area (Å²) < 4.78 is 0. The second-order valence-corrected chi connectivity index (χ2v) is 32.0.